The van der Waals surface area contributed by atoms with Crippen molar-refractivity contribution in [2.45, 2.75) is 51.1 Å². The van der Waals surface area contributed by atoms with Gasteiger partial charge in [0, 0.05) is 17.6 Å². The highest BCUT2D eigenvalue weighted by atomic mass is 32.1. The minimum Gasteiger partial charge on any atom is -0.305 e. The molecule has 1 aromatic rings. The van der Waals surface area contributed by atoms with Crippen molar-refractivity contribution >= 4 is 11.3 Å². The molecule has 1 N–H and O–H groups in total. The highest BCUT2D eigenvalue weighted by Gasteiger charge is 2.17. The van der Waals surface area contributed by atoms with Gasteiger partial charge >= 0.3 is 0 Å². The lowest BCUT2D eigenvalue weighted by Crippen LogP contribution is -2.33. The molecule has 0 saturated heterocycles. The van der Waals surface area contributed by atoms with Crippen molar-refractivity contribution in [1.29, 1.82) is 0 Å². The first kappa shape index (κ1) is 10.1. The zero-order chi connectivity index (χ0) is 9.80. The third-order valence-corrected chi connectivity index (χ3v) is 3.87. The summed E-state index contributed by atoms with van der Waals surface area (Å²) in [5, 5.41) is 6.94. The standard InChI is InChI=1S/C11H18N2S/c1-9(11-12-7-8-14-11)13-10-5-3-2-4-6-10/h7-10,13H,2-6H2,1H3. The Hall–Kier alpha value is -0.410. The van der Waals surface area contributed by atoms with Crippen molar-refractivity contribution < 1.29 is 0 Å². The van der Waals surface area contributed by atoms with Gasteiger partial charge in [-0.2, -0.15) is 0 Å². The second-order valence-electron chi connectivity index (χ2n) is 4.09. The molecule has 2 nitrogen and oxygen atoms in total. The maximum atomic E-state index is 4.34. The molecule has 0 aliphatic heterocycles. The molecule has 0 amide bonds. The maximum Gasteiger partial charge on any atom is 0.109 e. The Bertz CT molecular complexity index is 252. The van der Waals surface area contributed by atoms with Crippen LogP contribution in [0.4, 0.5) is 0 Å². The Morgan fingerprint density at radius 1 is 1.43 bits per heavy atom. The maximum absolute atomic E-state index is 4.34. The Balaban J connectivity index is 1.84. The Morgan fingerprint density at radius 2 is 2.21 bits per heavy atom. The predicted octanol–water partition coefficient (Wildman–Crippen LogP) is 3.13. The molecular formula is C11H18N2S. The third-order valence-electron chi connectivity index (χ3n) is 2.91. The van der Waals surface area contributed by atoms with Crippen LogP contribution in [-0.2, 0) is 0 Å². The highest BCUT2D eigenvalue weighted by molar-refractivity contribution is 7.09. The zero-order valence-electron chi connectivity index (χ0n) is 8.70. The molecule has 0 spiro atoms. The molecule has 1 saturated carbocycles. The molecule has 1 atom stereocenters. The van der Waals surface area contributed by atoms with Gasteiger partial charge in [0.15, 0.2) is 0 Å². The van der Waals surface area contributed by atoms with Gasteiger partial charge in [-0.25, -0.2) is 4.98 Å². The number of thiazole rings is 1. The summed E-state index contributed by atoms with van der Waals surface area (Å²) in [6.45, 7) is 2.22. The van der Waals surface area contributed by atoms with Crippen molar-refractivity contribution in [3.8, 4) is 0 Å². The van der Waals surface area contributed by atoms with Gasteiger partial charge in [0.2, 0.25) is 0 Å². The highest BCUT2D eigenvalue weighted by Crippen LogP contribution is 2.22. The van der Waals surface area contributed by atoms with Crippen LogP contribution in [0.25, 0.3) is 0 Å². The van der Waals surface area contributed by atoms with Gasteiger partial charge in [0.1, 0.15) is 5.01 Å². The van der Waals surface area contributed by atoms with E-state index in [0.29, 0.717) is 6.04 Å². The van der Waals surface area contributed by atoms with Gasteiger partial charge in [0.25, 0.3) is 0 Å². The van der Waals surface area contributed by atoms with E-state index >= 15 is 0 Å². The van der Waals surface area contributed by atoms with E-state index in [1.165, 1.54) is 37.1 Å². The second-order valence-corrected chi connectivity index (χ2v) is 5.02. The van der Waals surface area contributed by atoms with Crippen molar-refractivity contribution in [3.63, 3.8) is 0 Å². The van der Waals surface area contributed by atoms with Crippen LogP contribution < -0.4 is 5.32 Å². The van der Waals surface area contributed by atoms with Crippen LogP contribution >= 0.6 is 11.3 Å². The lowest BCUT2D eigenvalue weighted by molar-refractivity contribution is 0.346. The van der Waals surface area contributed by atoms with E-state index in [2.05, 4.69) is 17.2 Å². The van der Waals surface area contributed by atoms with Crippen LogP contribution in [0.2, 0.25) is 0 Å². The van der Waals surface area contributed by atoms with E-state index in [-0.39, 0.29) is 0 Å². The molecule has 0 radical (unpaired) electrons. The van der Waals surface area contributed by atoms with Crippen LogP contribution in [0.5, 0.6) is 0 Å². The van der Waals surface area contributed by atoms with E-state index in [1.807, 2.05) is 11.6 Å². The fourth-order valence-electron chi connectivity index (χ4n) is 2.14. The number of nitrogens with zero attached hydrogens (tertiary/aromatic N) is 1. The molecule has 1 aromatic heterocycles. The molecular weight excluding hydrogens is 192 g/mol. The molecule has 1 fully saturated rings. The average Bonchev–Trinajstić information content (AvgIpc) is 2.72. The van der Waals surface area contributed by atoms with E-state index in [4.69, 9.17) is 0 Å². The first-order valence-electron chi connectivity index (χ1n) is 5.51. The van der Waals surface area contributed by atoms with Crippen molar-refractivity contribution in [2.24, 2.45) is 0 Å². The molecule has 78 valence electrons. The molecule has 2 rings (SSSR count). The fraction of sp³-hybridized carbons (Fsp3) is 0.727. The molecule has 1 aliphatic rings. The lowest BCUT2D eigenvalue weighted by Gasteiger charge is -2.25. The number of nitrogens with one attached hydrogen (secondary N) is 1. The molecule has 0 aromatic carbocycles. The van der Waals surface area contributed by atoms with Gasteiger partial charge in [-0.15, -0.1) is 11.3 Å². The topological polar surface area (TPSA) is 24.9 Å². The van der Waals surface area contributed by atoms with Crippen LogP contribution in [-0.4, -0.2) is 11.0 Å². The molecule has 0 bridgehead atoms. The summed E-state index contributed by atoms with van der Waals surface area (Å²) < 4.78 is 0. The molecule has 14 heavy (non-hydrogen) atoms. The predicted molar refractivity (Wildman–Crippen MR) is 60.5 cm³/mol. The molecule has 1 heterocycles. The fourth-order valence-corrected chi connectivity index (χ4v) is 2.80. The van der Waals surface area contributed by atoms with Gasteiger partial charge in [-0.1, -0.05) is 19.3 Å². The van der Waals surface area contributed by atoms with Gasteiger partial charge in [-0.05, 0) is 19.8 Å². The normalized spacial score (nSPS) is 20.9. The van der Waals surface area contributed by atoms with E-state index < -0.39 is 0 Å². The number of rotatable bonds is 3. The van der Waals surface area contributed by atoms with Crippen LogP contribution in [0, 0.1) is 0 Å². The Labute approximate surface area is 89.8 Å². The van der Waals surface area contributed by atoms with Gasteiger partial charge < -0.3 is 5.32 Å². The summed E-state index contributed by atoms with van der Waals surface area (Å²) in [7, 11) is 0. The number of hydrogen-bond acceptors (Lipinski definition) is 3. The summed E-state index contributed by atoms with van der Waals surface area (Å²) in [6, 6.07) is 1.15. The van der Waals surface area contributed by atoms with E-state index in [9.17, 15) is 0 Å². The minimum absolute atomic E-state index is 0.429. The zero-order valence-corrected chi connectivity index (χ0v) is 9.52. The van der Waals surface area contributed by atoms with Crippen molar-refractivity contribution in [2.75, 3.05) is 0 Å². The molecule has 1 unspecified atom stereocenters. The Kier molecular flexibility index (Phi) is 3.54. The van der Waals surface area contributed by atoms with Crippen molar-refractivity contribution in [1.82, 2.24) is 10.3 Å². The number of aromatic nitrogens is 1. The smallest absolute Gasteiger partial charge is 0.109 e. The Morgan fingerprint density at radius 3 is 2.86 bits per heavy atom. The monoisotopic (exact) mass is 210 g/mol. The summed E-state index contributed by atoms with van der Waals surface area (Å²) in [5.74, 6) is 0. The third kappa shape index (κ3) is 2.55. The average molecular weight is 210 g/mol. The summed E-state index contributed by atoms with van der Waals surface area (Å²) in [4.78, 5) is 4.34. The second kappa shape index (κ2) is 4.89. The van der Waals surface area contributed by atoms with E-state index in [1.54, 1.807) is 11.3 Å². The molecule has 1 aliphatic carbocycles. The number of hydrogen-bond donors (Lipinski definition) is 1. The van der Waals surface area contributed by atoms with E-state index in [0.717, 1.165) is 6.04 Å². The quantitative estimate of drug-likeness (QED) is 0.829. The van der Waals surface area contributed by atoms with Crippen LogP contribution in [0.1, 0.15) is 50.1 Å². The summed E-state index contributed by atoms with van der Waals surface area (Å²) in [6.07, 6.45) is 8.78. The lowest BCUT2D eigenvalue weighted by atomic mass is 9.95. The first-order chi connectivity index (χ1) is 6.86. The van der Waals surface area contributed by atoms with Gasteiger partial charge in [0.05, 0.1) is 6.04 Å². The summed E-state index contributed by atoms with van der Waals surface area (Å²) >= 11 is 1.75. The SMILES string of the molecule is CC(NC1CCCCC1)c1nccs1. The van der Waals surface area contributed by atoms with Gasteiger partial charge in [-0.3, -0.25) is 0 Å². The van der Waals surface area contributed by atoms with Crippen LogP contribution in [0.15, 0.2) is 11.6 Å². The molecule has 3 heteroatoms. The summed E-state index contributed by atoms with van der Waals surface area (Å²) in [5.41, 5.74) is 0. The minimum atomic E-state index is 0.429. The first-order valence-corrected chi connectivity index (χ1v) is 6.39. The van der Waals surface area contributed by atoms with Crippen molar-refractivity contribution in [3.05, 3.63) is 16.6 Å². The van der Waals surface area contributed by atoms with Crippen LogP contribution in [0.3, 0.4) is 0 Å². The largest absolute Gasteiger partial charge is 0.305 e.